The molecule has 0 aliphatic carbocycles. The second-order valence-corrected chi connectivity index (χ2v) is 2.56. The van der Waals surface area contributed by atoms with E-state index in [0.717, 1.165) is 5.39 Å². The van der Waals surface area contributed by atoms with Gasteiger partial charge in [-0.15, -0.1) is 0 Å². The number of aromatic nitrogens is 2. The van der Waals surface area contributed by atoms with Gasteiger partial charge in [0.05, 0.1) is 5.52 Å². The predicted octanol–water partition coefficient (Wildman–Crippen LogP) is 0.947. The molecule has 1 radical (unpaired) electrons. The molecule has 4 nitrogen and oxygen atoms in total. The normalized spacial score (nSPS) is 9.43. The molecule has 0 unspecified atom stereocenters. The minimum absolute atomic E-state index is 0. The van der Waals surface area contributed by atoms with E-state index in [1.165, 1.54) is 6.20 Å². The number of fused-ring (bicyclic) bond motifs is 1. The summed E-state index contributed by atoms with van der Waals surface area (Å²) in [7, 11) is 0. The van der Waals surface area contributed by atoms with Crippen molar-refractivity contribution in [3.63, 3.8) is 0 Å². The molecular weight excluding hydrogens is 191 g/mol. The number of hydrogen-bond acceptors (Lipinski definition) is 3. The minimum Gasteiger partial charge on any atom is -0.475 e. The van der Waals surface area contributed by atoms with Crippen molar-refractivity contribution in [1.29, 1.82) is 0 Å². The molecule has 0 fully saturated rings. The summed E-state index contributed by atoms with van der Waals surface area (Å²) in [4.78, 5) is 18.1. The molecule has 2 aromatic rings. The van der Waals surface area contributed by atoms with Crippen LogP contribution in [0.5, 0.6) is 0 Å². The van der Waals surface area contributed by atoms with Gasteiger partial charge in [-0.1, -0.05) is 18.2 Å². The van der Waals surface area contributed by atoms with Crippen LogP contribution in [0.2, 0.25) is 0 Å². The van der Waals surface area contributed by atoms with Crippen molar-refractivity contribution < 1.29 is 9.90 Å². The van der Waals surface area contributed by atoms with Crippen LogP contribution in [0.1, 0.15) is 10.6 Å². The number of carbonyl (C=O) groups is 1. The Labute approximate surface area is 102 Å². The van der Waals surface area contributed by atoms with Gasteiger partial charge in [-0.25, -0.2) is 14.8 Å². The van der Waals surface area contributed by atoms with Crippen LogP contribution in [0, 0.1) is 0 Å². The van der Waals surface area contributed by atoms with Crippen molar-refractivity contribution in [2.75, 3.05) is 0 Å². The van der Waals surface area contributed by atoms with E-state index in [1.807, 2.05) is 12.1 Å². The van der Waals surface area contributed by atoms with E-state index in [1.54, 1.807) is 12.1 Å². The van der Waals surface area contributed by atoms with Crippen LogP contribution in [-0.4, -0.2) is 50.6 Å². The average Bonchev–Trinajstić information content (AvgIpc) is 2.17. The zero-order chi connectivity index (χ0) is 9.26. The Morgan fingerprint density at radius 2 is 2.00 bits per heavy atom. The molecule has 0 spiro atoms. The maximum Gasteiger partial charge on any atom is 0.373 e. The first-order chi connectivity index (χ1) is 6.27. The third-order valence-electron chi connectivity index (χ3n) is 1.68. The van der Waals surface area contributed by atoms with Gasteiger partial charge >= 0.3 is 5.97 Å². The van der Waals surface area contributed by atoms with Gasteiger partial charge in [-0.2, -0.15) is 0 Å². The molecule has 14 heavy (non-hydrogen) atoms. The van der Waals surface area contributed by atoms with E-state index in [-0.39, 0.29) is 35.4 Å². The average molecular weight is 197 g/mol. The monoisotopic (exact) mass is 197 g/mol. The van der Waals surface area contributed by atoms with Crippen molar-refractivity contribution in [3.05, 3.63) is 36.3 Å². The largest absolute Gasteiger partial charge is 0.475 e. The van der Waals surface area contributed by atoms with Gasteiger partial charge < -0.3 is 5.11 Å². The van der Waals surface area contributed by atoms with E-state index in [9.17, 15) is 4.79 Å². The summed E-state index contributed by atoms with van der Waals surface area (Å²) in [5, 5.41) is 9.46. The van der Waals surface area contributed by atoms with Crippen LogP contribution in [-0.2, 0) is 0 Å². The quantitative estimate of drug-likeness (QED) is 0.691. The van der Waals surface area contributed by atoms with E-state index in [2.05, 4.69) is 9.97 Å². The number of rotatable bonds is 1. The molecule has 5 heteroatoms. The third kappa shape index (κ3) is 2.09. The molecule has 2 rings (SSSR count). The van der Waals surface area contributed by atoms with Crippen molar-refractivity contribution in [2.24, 2.45) is 0 Å². The van der Waals surface area contributed by atoms with Crippen LogP contribution in [0.15, 0.2) is 30.5 Å². The zero-order valence-corrected chi connectivity index (χ0v) is 9.64. The van der Waals surface area contributed by atoms with Crippen molar-refractivity contribution in [3.8, 4) is 0 Å². The first-order valence-electron chi connectivity index (χ1n) is 3.72. The van der Waals surface area contributed by atoms with Crippen LogP contribution >= 0.6 is 0 Å². The molecule has 65 valence electrons. The van der Waals surface area contributed by atoms with Crippen molar-refractivity contribution in [1.82, 2.24) is 9.97 Å². The van der Waals surface area contributed by atoms with E-state index in [4.69, 9.17) is 5.11 Å². The Morgan fingerprint density at radius 1 is 1.29 bits per heavy atom. The molecule has 0 amide bonds. The fraction of sp³-hybridized carbons (Fsp3) is 0. The number of carboxylic acid groups (broad SMARTS) is 1. The topological polar surface area (TPSA) is 63.1 Å². The van der Waals surface area contributed by atoms with E-state index < -0.39 is 5.97 Å². The number of carboxylic acids is 1. The van der Waals surface area contributed by atoms with Gasteiger partial charge in [0.25, 0.3) is 0 Å². The summed E-state index contributed by atoms with van der Waals surface area (Å²) >= 11 is 0. The number of hydrogen-bond donors (Lipinski definition) is 1. The Hall–Kier alpha value is -0.970. The standard InChI is InChI=1S/C9H6N2O2.Na/c12-9(13)8-10-5-6-3-1-2-4-7(6)11-8;/h1-5H,(H,12,13);. The van der Waals surface area contributed by atoms with Gasteiger partial charge in [0.2, 0.25) is 5.82 Å². The number of para-hydroxylation sites is 1. The van der Waals surface area contributed by atoms with Gasteiger partial charge in [0.1, 0.15) is 0 Å². The number of nitrogens with zero attached hydrogens (tertiary/aromatic N) is 2. The minimum atomic E-state index is -1.11. The summed E-state index contributed by atoms with van der Waals surface area (Å²) in [5.41, 5.74) is 0.648. The Kier molecular flexibility index (Phi) is 3.57. The second-order valence-electron chi connectivity index (χ2n) is 2.56. The first-order valence-corrected chi connectivity index (χ1v) is 3.72. The van der Waals surface area contributed by atoms with Gasteiger partial charge in [0.15, 0.2) is 0 Å². The summed E-state index contributed by atoms with van der Waals surface area (Å²) < 4.78 is 0. The molecule has 0 saturated carbocycles. The summed E-state index contributed by atoms with van der Waals surface area (Å²) in [6.45, 7) is 0. The Balaban J connectivity index is 0.000000980. The van der Waals surface area contributed by atoms with Crippen LogP contribution < -0.4 is 0 Å². The Morgan fingerprint density at radius 3 is 2.71 bits per heavy atom. The van der Waals surface area contributed by atoms with Gasteiger partial charge in [-0.05, 0) is 6.07 Å². The van der Waals surface area contributed by atoms with Crippen LogP contribution in [0.3, 0.4) is 0 Å². The van der Waals surface area contributed by atoms with Crippen molar-refractivity contribution in [2.45, 2.75) is 0 Å². The second kappa shape index (κ2) is 4.50. The summed E-state index contributed by atoms with van der Waals surface area (Å²) in [6, 6.07) is 7.25. The third-order valence-corrected chi connectivity index (χ3v) is 1.68. The molecule has 1 aromatic heterocycles. The summed E-state index contributed by atoms with van der Waals surface area (Å²) in [6.07, 6.45) is 1.51. The van der Waals surface area contributed by atoms with Gasteiger partial charge in [0, 0.05) is 41.1 Å². The summed E-state index contributed by atoms with van der Waals surface area (Å²) in [5.74, 6) is -1.27. The van der Waals surface area contributed by atoms with Crippen LogP contribution in [0.4, 0.5) is 0 Å². The number of aromatic carboxylic acids is 1. The molecule has 0 saturated heterocycles. The Bertz CT molecular complexity index is 473. The molecule has 0 bridgehead atoms. The molecule has 0 atom stereocenters. The predicted molar refractivity (Wildman–Crippen MR) is 52.3 cm³/mol. The molecular formula is C9H6N2NaO2. The van der Waals surface area contributed by atoms with Crippen molar-refractivity contribution >= 4 is 46.4 Å². The van der Waals surface area contributed by atoms with E-state index >= 15 is 0 Å². The first kappa shape index (κ1) is 11.1. The van der Waals surface area contributed by atoms with E-state index in [0.29, 0.717) is 5.52 Å². The molecule has 0 aliphatic rings. The fourth-order valence-corrected chi connectivity index (χ4v) is 1.08. The fourth-order valence-electron chi connectivity index (χ4n) is 1.08. The smallest absolute Gasteiger partial charge is 0.373 e. The van der Waals surface area contributed by atoms with Crippen LogP contribution in [0.25, 0.3) is 10.9 Å². The number of benzene rings is 1. The molecule has 1 N–H and O–H groups in total. The van der Waals surface area contributed by atoms with Gasteiger partial charge in [-0.3, -0.25) is 0 Å². The SMILES string of the molecule is O=C(O)c1ncc2ccccc2n1.[Na]. The molecule has 1 heterocycles. The molecule has 0 aliphatic heterocycles. The maximum atomic E-state index is 10.5. The zero-order valence-electron chi connectivity index (χ0n) is 7.64. The maximum absolute atomic E-state index is 10.5. The molecule has 1 aromatic carbocycles.